The lowest BCUT2D eigenvalue weighted by atomic mass is 10.0. The van der Waals surface area contributed by atoms with E-state index in [9.17, 15) is 4.39 Å². The first-order valence-corrected chi connectivity index (χ1v) is 7.98. The van der Waals surface area contributed by atoms with E-state index in [1.807, 2.05) is 12.1 Å². The first-order chi connectivity index (χ1) is 10.1. The number of nitrogens with zero attached hydrogens (tertiary/aromatic N) is 2. The fourth-order valence-corrected chi connectivity index (χ4v) is 3.15. The Hall–Kier alpha value is -0.970. The molecule has 1 aliphatic heterocycles. The molecule has 0 saturated carbocycles. The zero-order chi connectivity index (χ0) is 15.2. The lowest BCUT2D eigenvalue weighted by Crippen LogP contribution is -2.45. The van der Waals surface area contributed by atoms with Gasteiger partial charge in [0.2, 0.25) is 0 Å². The van der Waals surface area contributed by atoms with Crippen LogP contribution in [0.1, 0.15) is 31.4 Å². The summed E-state index contributed by atoms with van der Waals surface area (Å²) < 4.78 is 14.0. The number of halogens is 1. The quantitative estimate of drug-likeness (QED) is 0.869. The van der Waals surface area contributed by atoms with Crippen molar-refractivity contribution in [2.45, 2.75) is 31.8 Å². The van der Waals surface area contributed by atoms with Gasteiger partial charge in [0.1, 0.15) is 5.82 Å². The van der Waals surface area contributed by atoms with Crippen molar-refractivity contribution in [3.8, 4) is 0 Å². The minimum absolute atomic E-state index is 0.0563. The Morgan fingerprint density at radius 1 is 1.33 bits per heavy atom. The van der Waals surface area contributed by atoms with Crippen molar-refractivity contribution in [2.24, 2.45) is 0 Å². The van der Waals surface area contributed by atoms with Crippen molar-refractivity contribution in [1.29, 1.82) is 0 Å². The van der Waals surface area contributed by atoms with E-state index in [1.54, 1.807) is 12.1 Å². The summed E-state index contributed by atoms with van der Waals surface area (Å²) in [6.45, 7) is 6.08. The first kappa shape index (κ1) is 16.4. The molecule has 0 spiro atoms. The van der Waals surface area contributed by atoms with Crippen LogP contribution in [0, 0.1) is 5.82 Å². The average molecular weight is 293 g/mol. The Balaban J connectivity index is 2.01. The smallest absolute Gasteiger partial charge is 0.128 e. The maximum absolute atomic E-state index is 14.0. The lowest BCUT2D eigenvalue weighted by Gasteiger charge is -2.37. The molecule has 1 aromatic rings. The topological polar surface area (TPSA) is 18.5 Å². The average Bonchev–Trinajstić information content (AvgIpc) is 2.48. The number of piperidine rings is 1. The van der Waals surface area contributed by atoms with Gasteiger partial charge >= 0.3 is 0 Å². The molecule has 1 atom stereocenters. The van der Waals surface area contributed by atoms with Gasteiger partial charge in [-0.15, -0.1) is 0 Å². The maximum Gasteiger partial charge on any atom is 0.128 e. The van der Waals surface area contributed by atoms with Crippen LogP contribution in [0.2, 0.25) is 0 Å². The van der Waals surface area contributed by atoms with E-state index in [0.717, 1.165) is 31.7 Å². The van der Waals surface area contributed by atoms with Gasteiger partial charge in [-0.1, -0.05) is 25.1 Å². The highest BCUT2D eigenvalue weighted by Gasteiger charge is 2.24. The fourth-order valence-electron chi connectivity index (χ4n) is 3.15. The SMILES string of the molecule is CCNC(CN(C)C1CCN(C)CC1)c1ccccc1F. The molecule has 2 rings (SSSR count). The van der Waals surface area contributed by atoms with Crippen molar-refractivity contribution < 1.29 is 4.39 Å². The molecule has 0 amide bonds. The zero-order valence-corrected chi connectivity index (χ0v) is 13.5. The van der Waals surface area contributed by atoms with Gasteiger partial charge in [-0.3, -0.25) is 0 Å². The molecule has 1 heterocycles. The summed E-state index contributed by atoms with van der Waals surface area (Å²) in [6, 6.07) is 7.77. The standard InChI is InChI=1S/C17H28FN3/c1-4-19-17(15-7-5-6-8-16(15)18)13-21(3)14-9-11-20(2)12-10-14/h5-8,14,17,19H,4,9-13H2,1-3H3. The summed E-state index contributed by atoms with van der Waals surface area (Å²) in [4.78, 5) is 4.77. The molecule has 4 heteroatoms. The van der Waals surface area contributed by atoms with Crippen LogP contribution in [0.4, 0.5) is 4.39 Å². The van der Waals surface area contributed by atoms with E-state index in [-0.39, 0.29) is 11.9 Å². The van der Waals surface area contributed by atoms with Crippen molar-refractivity contribution in [3.63, 3.8) is 0 Å². The Morgan fingerprint density at radius 3 is 2.62 bits per heavy atom. The summed E-state index contributed by atoms with van der Waals surface area (Å²) in [6.07, 6.45) is 2.40. The van der Waals surface area contributed by atoms with Crippen molar-refractivity contribution in [1.82, 2.24) is 15.1 Å². The van der Waals surface area contributed by atoms with Gasteiger partial charge in [0, 0.05) is 24.2 Å². The van der Waals surface area contributed by atoms with Crippen LogP contribution in [0.25, 0.3) is 0 Å². The molecule has 1 fully saturated rings. The molecule has 21 heavy (non-hydrogen) atoms. The number of benzene rings is 1. The third-order valence-corrected chi connectivity index (χ3v) is 4.51. The van der Waals surface area contributed by atoms with Crippen LogP contribution >= 0.6 is 0 Å². The van der Waals surface area contributed by atoms with Gasteiger partial charge in [-0.05, 0) is 52.6 Å². The van der Waals surface area contributed by atoms with Crippen LogP contribution in [0.5, 0.6) is 0 Å². The Labute approximate surface area is 128 Å². The normalized spacial score (nSPS) is 19.1. The number of nitrogens with one attached hydrogen (secondary N) is 1. The lowest BCUT2D eigenvalue weighted by molar-refractivity contribution is 0.134. The van der Waals surface area contributed by atoms with E-state index >= 15 is 0 Å². The Bertz CT molecular complexity index is 430. The molecule has 1 aliphatic rings. The second-order valence-corrected chi connectivity index (χ2v) is 6.11. The molecule has 0 radical (unpaired) electrons. The van der Waals surface area contributed by atoms with Crippen molar-refractivity contribution in [3.05, 3.63) is 35.6 Å². The predicted molar refractivity (Wildman–Crippen MR) is 86.0 cm³/mol. The van der Waals surface area contributed by atoms with Gasteiger partial charge in [0.25, 0.3) is 0 Å². The predicted octanol–water partition coefficient (Wildman–Crippen LogP) is 2.50. The molecule has 1 N–H and O–H groups in total. The summed E-state index contributed by atoms with van der Waals surface area (Å²) >= 11 is 0. The van der Waals surface area contributed by atoms with Crippen molar-refractivity contribution in [2.75, 3.05) is 40.3 Å². The van der Waals surface area contributed by atoms with Gasteiger partial charge < -0.3 is 15.1 Å². The minimum Gasteiger partial charge on any atom is -0.309 e. The van der Waals surface area contributed by atoms with Crippen molar-refractivity contribution >= 4 is 0 Å². The molecule has 118 valence electrons. The molecular weight excluding hydrogens is 265 g/mol. The molecule has 1 unspecified atom stereocenters. The third-order valence-electron chi connectivity index (χ3n) is 4.51. The fraction of sp³-hybridized carbons (Fsp3) is 0.647. The summed E-state index contributed by atoms with van der Waals surface area (Å²) in [5.41, 5.74) is 0.777. The number of likely N-dealkylation sites (N-methyl/N-ethyl adjacent to an activating group) is 2. The zero-order valence-electron chi connectivity index (χ0n) is 13.5. The maximum atomic E-state index is 14.0. The Morgan fingerprint density at radius 2 is 2.00 bits per heavy atom. The van der Waals surface area contributed by atoms with E-state index in [4.69, 9.17) is 0 Å². The third kappa shape index (κ3) is 4.50. The summed E-state index contributed by atoms with van der Waals surface area (Å²) in [5, 5.41) is 3.43. The molecule has 0 aliphatic carbocycles. The highest BCUT2D eigenvalue weighted by Crippen LogP contribution is 2.21. The largest absolute Gasteiger partial charge is 0.309 e. The number of hydrogen-bond acceptors (Lipinski definition) is 3. The molecule has 3 nitrogen and oxygen atoms in total. The van der Waals surface area contributed by atoms with Crippen LogP contribution in [-0.2, 0) is 0 Å². The van der Waals surface area contributed by atoms with Gasteiger partial charge in [-0.2, -0.15) is 0 Å². The number of likely N-dealkylation sites (tertiary alicyclic amines) is 1. The monoisotopic (exact) mass is 293 g/mol. The van der Waals surface area contributed by atoms with E-state index in [0.29, 0.717) is 6.04 Å². The molecular formula is C17H28FN3. The minimum atomic E-state index is -0.111. The van der Waals surface area contributed by atoms with Gasteiger partial charge in [-0.25, -0.2) is 4.39 Å². The second kappa shape index (κ2) is 7.87. The molecule has 0 bridgehead atoms. The Kier molecular flexibility index (Phi) is 6.15. The van der Waals surface area contributed by atoms with Gasteiger partial charge in [0.05, 0.1) is 0 Å². The molecule has 1 aromatic carbocycles. The summed E-state index contributed by atoms with van der Waals surface area (Å²) in [7, 11) is 4.35. The first-order valence-electron chi connectivity index (χ1n) is 7.98. The van der Waals surface area contributed by atoms with Crippen LogP contribution in [0.15, 0.2) is 24.3 Å². The van der Waals surface area contributed by atoms with Crippen LogP contribution in [-0.4, -0.2) is 56.1 Å². The van der Waals surface area contributed by atoms with E-state index in [2.05, 4.69) is 36.1 Å². The molecule has 1 saturated heterocycles. The highest BCUT2D eigenvalue weighted by molar-refractivity contribution is 5.21. The van der Waals surface area contributed by atoms with E-state index in [1.165, 1.54) is 12.8 Å². The number of rotatable bonds is 6. The summed E-state index contributed by atoms with van der Waals surface area (Å²) in [5.74, 6) is -0.111. The van der Waals surface area contributed by atoms with Crippen LogP contribution in [0.3, 0.4) is 0 Å². The van der Waals surface area contributed by atoms with Crippen LogP contribution < -0.4 is 5.32 Å². The van der Waals surface area contributed by atoms with Gasteiger partial charge in [0.15, 0.2) is 0 Å². The van der Waals surface area contributed by atoms with E-state index < -0.39 is 0 Å². The second-order valence-electron chi connectivity index (χ2n) is 6.11. The highest BCUT2D eigenvalue weighted by atomic mass is 19.1. The number of hydrogen-bond donors (Lipinski definition) is 1. The molecule has 0 aromatic heterocycles.